The maximum Gasteiger partial charge on any atom is 0.333 e. The van der Waals surface area contributed by atoms with Crippen LogP contribution in [0, 0.1) is 17.3 Å². The van der Waals surface area contributed by atoms with Crippen LogP contribution in [0.3, 0.4) is 0 Å². The Morgan fingerprint density at radius 1 is 1.47 bits per heavy atom. The minimum Gasteiger partial charge on any atom is -0.425 e. The van der Waals surface area contributed by atoms with Gasteiger partial charge in [0.2, 0.25) is 5.79 Å². The summed E-state index contributed by atoms with van der Waals surface area (Å²) >= 11 is 0. The Kier molecular flexibility index (Phi) is 2.69. The van der Waals surface area contributed by atoms with Crippen molar-refractivity contribution in [3.63, 3.8) is 0 Å². The normalized spacial score (nSPS) is 44.9. The van der Waals surface area contributed by atoms with E-state index in [1.165, 1.54) is 5.57 Å². The first kappa shape index (κ1) is 12.9. The number of carbonyl (C=O) groups excluding carboxylic acids is 1. The monoisotopic (exact) mass is 262 g/mol. The first-order chi connectivity index (χ1) is 8.92. The minimum absolute atomic E-state index is 0.138. The number of rotatable bonds is 1. The standard InChI is InChI=1S/C16H22O3/c1-10-7-13-8-11(2)15(10,3)6-5-12-9-14(17)19-16(12,13)18-4/h7,9,11,13H,5-6,8H2,1-4H3/t11-,13+,15?,16+/m0/s1. The van der Waals surface area contributed by atoms with Crippen LogP contribution in [0.15, 0.2) is 23.3 Å². The highest BCUT2D eigenvalue weighted by molar-refractivity contribution is 5.86. The van der Waals surface area contributed by atoms with Gasteiger partial charge in [-0.3, -0.25) is 0 Å². The average Bonchev–Trinajstić information content (AvgIpc) is 2.69. The molecule has 0 radical (unpaired) electrons. The summed E-state index contributed by atoms with van der Waals surface area (Å²) in [7, 11) is 1.65. The number of carbonyl (C=O) groups is 1. The van der Waals surface area contributed by atoms with Crippen LogP contribution < -0.4 is 0 Å². The molecule has 2 bridgehead atoms. The number of ether oxygens (including phenoxy) is 2. The first-order valence-electron chi connectivity index (χ1n) is 7.10. The molecule has 0 aromatic heterocycles. The summed E-state index contributed by atoms with van der Waals surface area (Å²) in [5, 5.41) is 0. The molecule has 1 saturated carbocycles. The molecule has 0 saturated heterocycles. The van der Waals surface area contributed by atoms with Gasteiger partial charge in [-0.25, -0.2) is 4.79 Å². The van der Waals surface area contributed by atoms with E-state index in [0.717, 1.165) is 24.8 Å². The Labute approximate surface area is 114 Å². The van der Waals surface area contributed by atoms with Gasteiger partial charge in [0.1, 0.15) is 0 Å². The van der Waals surface area contributed by atoms with Gasteiger partial charge >= 0.3 is 5.97 Å². The lowest BCUT2D eigenvalue weighted by atomic mass is 9.59. The maximum atomic E-state index is 11.7. The van der Waals surface area contributed by atoms with Gasteiger partial charge in [-0.1, -0.05) is 25.5 Å². The molecule has 1 fully saturated rings. The molecule has 0 aromatic carbocycles. The molecule has 4 rings (SSSR count). The SMILES string of the molecule is CO[C@@]12OC(=O)C=C1CCC1(C)C(C)=C[C@@H]2C[C@@H]1C. The maximum absolute atomic E-state index is 11.7. The number of hydrogen-bond acceptors (Lipinski definition) is 3. The van der Waals surface area contributed by atoms with E-state index in [9.17, 15) is 4.79 Å². The molecule has 0 spiro atoms. The predicted octanol–water partition coefficient (Wildman–Crippen LogP) is 3.21. The minimum atomic E-state index is -0.839. The van der Waals surface area contributed by atoms with Gasteiger partial charge in [0.15, 0.2) is 0 Å². The van der Waals surface area contributed by atoms with E-state index in [-0.39, 0.29) is 17.3 Å². The molecule has 4 aliphatic rings. The predicted molar refractivity (Wildman–Crippen MR) is 72.3 cm³/mol. The highest BCUT2D eigenvalue weighted by atomic mass is 16.7. The summed E-state index contributed by atoms with van der Waals surface area (Å²) in [5.41, 5.74) is 2.67. The van der Waals surface area contributed by atoms with E-state index in [1.54, 1.807) is 13.2 Å². The zero-order chi connectivity index (χ0) is 13.8. The van der Waals surface area contributed by atoms with Crippen molar-refractivity contribution in [1.29, 1.82) is 0 Å². The van der Waals surface area contributed by atoms with E-state index in [1.807, 2.05) is 0 Å². The molecular formula is C16H22O3. The second-order valence-corrected chi connectivity index (χ2v) is 6.47. The molecule has 19 heavy (non-hydrogen) atoms. The summed E-state index contributed by atoms with van der Waals surface area (Å²) in [5.74, 6) is -0.381. The Bertz CT molecular complexity index is 490. The largest absolute Gasteiger partial charge is 0.425 e. The molecule has 3 heteroatoms. The molecule has 0 N–H and O–H groups in total. The average molecular weight is 262 g/mol. The van der Waals surface area contributed by atoms with Gasteiger partial charge in [-0.2, -0.15) is 0 Å². The van der Waals surface area contributed by atoms with Crippen LogP contribution in [0.2, 0.25) is 0 Å². The molecule has 0 amide bonds. The molecule has 1 heterocycles. The number of hydrogen-bond donors (Lipinski definition) is 0. The highest BCUT2D eigenvalue weighted by Gasteiger charge is 2.55. The Morgan fingerprint density at radius 3 is 2.84 bits per heavy atom. The van der Waals surface area contributed by atoms with Crippen LogP contribution in [0.25, 0.3) is 0 Å². The summed E-state index contributed by atoms with van der Waals surface area (Å²) in [6.07, 6.45) is 6.85. The van der Waals surface area contributed by atoms with Crippen molar-refractivity contribution in [3.05, 3.63) is 23.3 Å². The van der Waals surface area contributed by atoms with Crippen molar-refractivity contribution < 1.29 is 14.3 Å². The van der Waals surface area contributed by atoms with Crippen molar-refractivity contribution in [2.75, 3.05) is 7.11 Å². The quantitative estimate of drug-likeness (QED) is 0.537. The molecule has 0 aromatic rings. The van der Waals surface area contributed by atoms with Gasteiger partial charge in [0.05, 0.1) is 0 Å². The number of esters is 1. The van der Waals surface area contributed by atoms with E-state index >= 15 is 0 Å². The molecule has 1 unspecified atom stereocenters. The number of fused-ring (bicyclic) bond motifs is 2. The summed E-state index contributed by atoms with van der Waals surface area (Å²) < 4.78 is 11.3. The van der Waals surface area contributed by atoms with Crippen LogP contribution in [0.4, 0.5) is 0 Å². The molecule has 4 atom stereocenters. The van der Waals surface area contributed by atoms with Crippen LogP contribution >= 0.6 is 0 Å². The third-order valence-electron chi connectivity index (χ3n) is 5.74. The van der Waals surface area contributed by atoms with Crippen LogP contribution in [-0.2, 0) is 14.3 Å². The smallest absolute Gasteiger partial charge is 0.333 e. The van der Waals surface area contributed by atoms with Crippen molar-refractivity contribution in [2.24, 2.45) is 17.3 Å². The van der Waals surface area contributed by atoms with Gasteiger partial charge in [0.25, 0.3) is 0 Å². The first-order valence-corrected chi connectivity index (χ1v) is 7.10. The lowest BCUT2D eigenvalue weighted by Crippen LogP contribution is -2.48. The molecule has 3 aliphatic carbocycles. The zero-order valence-corrected chi connectivity index (χ0v) is 12.2. The third kappa shape index (κ3) is 1.57. The summed E-state index contributed by atoms with van der Waals surface area (Å²) in [6.45, 7) is 6.85. The van der Waals surface area contributed by atoms with Crippen molar-refractivity contribution >= 4 is 5.97 Å². The zero-order valence-electron chi connectivity index (χ0n) is 12.2. The molecule has 104 valence electrons. The van der Waals surface area contributed by atoms with Crippen molar-refractivity contribution in [3.8, 4) is 0 Å². The lowest BCUT2D eigenvalue weighted by molar-refractivity contribution is -0.213. The third-order valence-corrected chi connectivity index (χ3v) is 5.74. The second-order valence-electron chi connectivity index (χ2n) is 6.47. The fraction of sp³-hybridized carbons (Fsp3) is 0.688. The van der Waals surface area contributed by atoms with Gasteiger partial charge in [-0.15, -0.1) is 0 Å². The van der Waals surface area contributed by atoms with Gasteiger partial charge in [0, 0.05) is 24.7 Å². The van der Waals surface area contributed by atoms with Crippen LogP contribution in [0.5, 0.6) is 0 Å². The van der Waals surface area contributed by atoms with Crippen molar-refractivity contribution in [1.82, 2.24) is 0 Å². The number of methoxy groups -OCH3 is 1. The van der Waals surface area contributed by atoms with E-state index in [4.69, 9.17) is 9.47 Å². The summed E-state index contributed by atoms with van der Waals surface area (Å²) in [6, 6.07) is 0. The van der Waals surface area contributed by atoms with Gasteiger partial charge in [-0.05, 0) is 37.5 Å². The van der Waals surface area contributed by atoms with Crippen LogP contribution in [-0.4, -0.2) is 18.9 Å². The van der Waals surface area contributed by atoms with E-state index < -0.39 is 5.79 Å². The topological polar surface area (TPSA) is 35.5 Å². The molecule has 3 nitrogen and oxygen atoms in total. The second kappa shape index (κ2) is 3.95. The van der Waals surface area contributed by atoms with E-state index in [0.29, 0.717) is 5.92 Å². The van der Waals surface area contributed by atoms with Gasteiger partial charge < -0.3 is 9.47 Å². The van der Waals surface area contributed by atoms with E-state index in [2.05, 4.69) is 26.8 Å². The molecule has 1 aliphatic heterocycles. The van der Waals surface area contributed by atoms with Crippen molar-refractivity contribution in [2.45, 2.75) is 45.8 Å². The van der Waals surface area contributed by atoms with Crippen LogP contribution in [0.1, 0.15) is 40.0 Å². The summed E-state index contributed by atoms with van der Waals surface area (Å²) in [4.78, 5) is 11.7. The fourth-order valence-corrected chi connectivity index (χ4v) is 4.06. The Morgan fingerprint density at radius 2 is 2.21 bits per heavy atom. The number of allylic oxidation sites excluding steroid dienone is 1. The highest BCUT2D eigenvalue weighted by Crippen LogP contribution is 2.55. The Balaban J connectivity index is 2.13. The molecular weight excluding hydrogens is 240 g/mol. The lowest BCUT2D eigenvalue weighted by Gasteiger charge is -2.49. The fourth-order valence-electron chi connectivity index (χ4n) is 4.06. The Hall–Kier alpha value is -1.09.